The minimum Gasteiger partial charge on any atom is -0.462 e. The molecule has 0 bridgehead atoms. The molecule has 0 aromatic heterocycles. The molecule has 8 heteroatoms. The molecular weight excluding hydrogens is 612 g/mol. The van der Waals surface area contributed by atoms with E-state index < -0.39 is 11.3 Å². The third-order valence-corrected chi connectivity index (χ3v) is 14.8. The predicted octanol–water partition coefficient (Wildman–Crippen LogP) is 8.01. The second-order valence-electron chi connectivity index (χ2n) is 17.2. The number of rotatable bonds is 4. The molecule has 2 amide bonds. The van der Waals surface area contributed by atoms with Crippen LogP contribution < -0.4 is 10.9 Å². The number of ketones is 1. The van der Waals surface area contributed by atoms with E-state index in [1.165, 1.54) is 6.92 Å². The summed E-state index contributed by atoms with van der Waals surface area (Å²) in [5.74, 6) is 0.241. The molecule has 2 N–H and O–H groups in total. The Hall–Kier alpha value is -2.67. The molecule has 4 saturated carbocycles. The van der Waals surface area contributed by atoms with Crippen LogP contribution in [0, 0.1) is 50.7 Å². The number of amides is 2. The molecule has 1 aromatic rings. The summed E-state index contributed by atoms with van der Waals surface area (Å²) >= 11 is 6.00. The molecule has 0 radical (unpaired) electrons. The highest BCUT2D eigenvalue weighted by molar-refractivity contribution is 6.30. The molecule has 0 saturated heterocycles. The van der Waals surface area contributed by atoms with Gasteiger partial charge in [0.15, 0.2) is 5.78 Å². The molecule has 6 rings (SSSR count). The minimum atomic E-state index is -0.956. The number of esters is 1. The molecule has 5 aliphatic rings. The van der Waals surface area contributed by atoms with Crippen molar-refractivity contribution < 1.29 is 23.9 Å². The third-order valence-electron chi connectivity index (χ3n) is 14.5. The van der Waals surface area contributed by atoms with Crippen LogP contribution in [0.25, 0.3) is 0 Å². The number of hydrogen-bond acceptors (Lipinski definition) is 5. The molecule has 8 atom stereocenters. The average Bonchev–Trinajstić information content (AvgIpc) is 3.31. The van der Waals surface area contributed by atoms with Gasteiger partial charge in [-0.05, 0) is 127 Å². The first kappa shape index (κ1) is 34.2. The highest BCUT2D eigenvalue weighted by atomic mass is 35.5. The molecule has 4 fully saturated rings. The van der Waals surface area contributed by atoms with E-state index in [2.05, 4.69) is 59.3 Å². The summed E-state index contributed by atoms with van der Waals surface area (Å²) in [4.78, 5) is 53.1. The molecule has 7 nitrogen and oxygen atoms in total. The predicted molar refractivity (Wildman–Crippen MR) is 182 cm³/mol. The Bertz CT molecular complexity index is 1530. The molecule has 0 spiro atoms. The van der Waals surface area contributed by atoms with Crippen LogP contribution in [0.3, 0.4) is 0 Å². The van der Waals surface area contributed by atoms with Crippen LogP contribution in [0.4, 0.5) is 0 Å². The Balaban J connectivity index is 1.32. The summed E-state index contributed by atoms with van der Waals surface area (Å²) in [6.45, 7) is 17.8. The van der Waals surface area contributed by atoms with Crippen molar-refractivity contribution in [2.45, 2.75) is 119 Å². The largest absolute Gasteiger partial charge is 0.462 e. The zero-order chi connectivity index (χ0) is 34.3. The molecule has 5 aliphatic carbocycles. The Labute approximate surface area is 285 Å². The van der Waals surface area contributed by atoms with Gasteiger partial charge >= 0.3 is 5.97 Å². The van der Waals surface area contributed by atoms with Gasteiger partial charge in [-0.25, -0.2) is 0 Å². The fourth-order valence-corrected chi connectivity index (χ4v) is 12.3. The first-order valence-corrected chi connectivity index (χ1v) is 18.1. The van der Waals surface area contributed by atoms with Gasteiger partial charge in [0.1, 0.15) is 6.10 Å². The van der Waals surface area contributed by atoms with Gasteiger partial charge in [-0.15, -0.1) is 0 Å². The van der Waals surface area contributed by atoms with Gasteiger partial charge in [0.2, 0.25) is 5.91 Å². The van der Waals surface area contributed by atoms with Gasteiger partial charge in [-0.1, -0.05) is 60.1 Å². The van der Waals surface area contributed by atoms with E-state index in [0.717, 1.165) is 56.1 Å². The molecule has 0 unspecified atom stereocenters. The molecule has 1 aromatic carbocycles. The summed E-state index contributed by atoms with van der Waals surface area (Å²) in [5, 5.41) is 0.527. The lowest BCUT2D eigenvalue weighted by molar-refractivity contribution is -0.232. The number of allylic oxidation sites excluding steroid dienone is 1. The van der Waals surface area contributed by atoms with Crippen molar-refractivity contribution in [2.75, 3.05) is 0 Å². The van der Waals surface area contributed by atoms with Crippen molar-refractivity contribution in [1.82, 2.24) is 10.9 Å². The average molecular weight is 665 g/mol. The van der Waals surface area contributed by atoms with Crippen molar-refractivity contribution in [3.8, 4) is 0 Å². The Morgan fingerprint density at radius 1 is 0.851 bits per heavy atom. The minimum absolute atomic E-state index is 0.00863. The molecule has 256 valence electrons. The van der Waals surface area contributed by atoms with Gasteiger partial charge in [0.05, 0.1) is 5.41 Å². The number of benzene rings is 1. The first-order valence-electron chi connectivity index (χ1n) is 17.7. The zero-order valence-electron chi connectivity index (χ0n) is 29.5. The summed E-state index contributed by atoms with van der Waals surface area (Å²) in [5.41, 5.74) is 6.65. The maximum Gasteiger partial charge on any atom is 0.302 e. The summed E-state index contributed by atoms with van der Waals surface area (Å²) < 4.78 is 5.91. The van der Waals surface area contributed by atoms with Crippen molar-refractivity contribution in [1.29, 1.82) is 0 Å². The van der Waals surface area contributed by atoms with Crippen molar-refractivity contribution in [3.63, 3.8) is 0 Å². The lowest BCUT2D eigenvalue weighted by atomic mass is 9.33. The zero-order valence-corrected chi connectivity index (χ0v) is 30.2. The van der Waals surface area contributed by atoms with Crippen LogP contribution in [-0.2, 0) is 19.1 Å². The Kier molecular flexibility index (Phi) is 8.34. The van der Waals surface area contributed by atoms with Gasteiger partial charge in [-0.2, -0.15) is 0 Å². The summed E-state index contributed by atoms with van der Waals surface area (Å²) in [6, 6.07) is 6.52. The number of Topliss-reactive ketones (excluding diaryl/α,β-unsaturated/α-hetero) is 1. The SMILES string of the molecule is CC(=O)O[C@H]1CC[C@]2(C)[C@H]3CC[C@@H]4C5=C(C(C)C)C(=O)C[C@]5(C(=O)NNC(=O)c5ccc(Cl)cc5)CC[C@@]4(C)[C@]3(C)CC[C@H]2C1(C)C. The fraction of sp³-hybridized carbons (Fsp3) is 0.692. The second kappa shape index (κ2) is 11.5. The lowest BCUT2D eigenvalue weighted by Gasteiger charge is -2.72. The van der Waals surface area contributed by atoms with E-state index >= 15 is 0 Å². The Morgan fingerprint density at radius 3 is 2.17 bits per heavy atom. The fourth-order valence-electron chi connectivity index (χ4n) is 12.2. The molecular formula is C39H53ClN2O5. The van der Waals surface area contributed by atoms with Gasteiger partial charge in [0, 0.05) is 29.3 Å². The lowest BCUT2D eigenvalue weighted by Crippen LogP contribution is -2.66. The van der Waals surface area contributed by atoms with E-state index in [4.69, 9.17) is 16.3 Å². The normalized spacial score (nSPS) is 38.9. The first-order chi connectivity index (χ1) is 21.9. The summed E-state index contributed by atoms with van der Waals surface area (Å²) in [7, 11) is 0. The van der Waals surface area contributed by atoms with Crippen LogP contribution in [0.2, 0.25) is 5.02 Å². The van der Waals surface area contributed by atoms with Gasteiger partial charge < -0.3 is 4.74 Å². The van der Waals surface area contributed by atoms with Crippen molar-refractivity contribution in [3.05, 3.63) is 46.0 Å². The number of halogens is 1. The number of hydrazine groups is 1. The van der Waals surface area contributed by atoms with E-state index in [9.17, 15) is 19.2 Å². The van der Waals surface area contributed by atoms with E-state index in [0.29, 0.717) is 28.8 Å². The number of carbonyl (C=O) groups excluding carboxylic acids is 4. The van der Waals surface area contributed by atoms with Crippen molar-refractivity contribution in [2.24, 2.45) is 50.7 Å². The molecule has 0 aliphatic heterocycles. The number of nitrogens with one attached hydrogen (secondary N) is 2. The van der Waals surface area contributed by atoms with Gasteiger partial charge in [0.25, 0.3) is 5.91 Å². The van der Waals surface area contributed by atoms with E-state index in [-0.39, 0.29) is 63.7 Å². The van der Waals surface area contributed by atoms with Gasteiger partial charge in [-0.3, -0.25) is 30.0 Å². The van der Waals surface area contributed by atoms with Crippen LogP contribution in [-0.4, -0.2) is 29.7 Å². The Morgan fingerprint density at radius 2 is 1.53 bits per heavy atom. The van der Waals surface area contributed by atoms with Crippen molar-refractivity contribution >= 4 is 35.2 Å². The molecule has 0 heterocycles. The smallest absolute Gasteiger partial charge is 0.302 e. The highest BCUT2D eigenvalue weighted by Gasteiger charge is 2.71. The molecule has 47 heavy (non-hydrogen) atoms. The number of fused-ring (bicyclic) bond motifs is 7. The van der Waals surface area contributed by atoms with Crippen LogP contribution >= 0.6 is 11.6 Å². The quantitative estimate of drug-likeness (QED) is 0.251. The monoisotopic (exact) mass is 664 g/mol. The second-order valence-corrected chi connectivity index (χ2v) is 17.6. The van der Waals surface area contributed by atoms with Crippen LogP contribution in [0.5, 0.6) is 0 Å². The maximum atomic E-state index is 14.3. The summed E-state index contributed by atoms with van der Waals surface area (Å²) in [6.07, 6.45) is 7.61. The highest BCUT2D eigenvalue weighted by Crippen LogP contribution is 2.76. The van der Waals surface area contributed by atoms with Crippen LogP contribution in [0.1, 0.15) is 124 Å². The topological polar surface area (TPSA) is 102 Å². The number of carbonyl (C=O) groups is 4. The third kappa shape index (κ3) is 4.95. The van der Waals surface area contributed by atoms with Crippen LogP contribution in [0.15, 0.2) is 35.4 Å². The number of ether oxygens (including phenoxy) is 1. The standard InChI is InChI=1S/C39H53ClN2O5/c1-22(2)31-27(44)21-39(34(46)42-41-33(45)24-9-11-25(40)12-10-24)20-19-37(7)26(32(31)39)13-14-29-36(6)17-16-30(47-23(3)43)35(4,5)28(36)15-18-38(29,37)8/h9-12,22,26,28-30H,13-21H2,1-8H3,(H,41,45)(H,42,46)/t26-,28+,29-,30+,36+,37-,38-,39-/m1/s1. The maximum absolute atomic E-state index is 14.3. The van der Waals surface area contributed by atoms with E-state index in [1.54, 1.807) is 24.3 Å². The number of hydrogen-bond donors (Lipinski definition) is 2. The van der Waals surface area contributed by atoms with E-state index in [1.807, 2.05) is 0 Å².